The molecule has 0 heteroatoms. The Morgan fingerprint density at radius 1 is 1.15 bits per heavy atom. The highest BCUT2D eigenvalue weighted by Gasteiger charge is 2.16. The van der Waals surface area contributed by atoms with E-state index in [1.54, 1.807) is 11.1 Å². The molecule has 0 heterocycles. The molecule has 72 valence electrons. The molecular weight excluding hydrogens is 156 g/mol. The molecule has 0 N–H and O–H groups in total. The summed E-state index contributed by atoms with van der Waals surface area (Å²) in [6.45, 7) is 2.24. The van der Waals surface area contributed by atoms with Crippen LogP contribution in [0.5, 0.6) is 0 Å². The van der Waals surface area contributed by atoms with Crippen LogP contribution in [0.1, 0.15) is 51.9 Å². The van der Waals surface area contributed by atoms with E-state index in [1.807, 2.05) is 0 Å². The van der Waals surface area contributed by atoms with E-state index in [1.165, 1.54) is 44.9 Å². The Morgan fingerprint density at radius 3 is 2.54 bits per heavy atom. The third-order valence-corrected chi connectivity index (χ3v) is 3.39. The van der Waals surface area contributed by atoms with Crippen molar-refractivity contribution < 1.29 is 0 Å². The molecule has 0 spiro atoms. The predicted octanol–water partition coefficient (Wildman–Crippen LogP) is 4.23. The highest BCUT2D eigenvalue weighted by molar-refractivity contribution is 5.29. The van der Waals surface area contributed by atoms with Crippen molar-refractivity contribution in [3.8, 4) is 0 Å². The summed E-state index contributed by atoms with van der Waals surface area (Å²) >= 11 is 0. The van der Waals surface area contributed by atoms with E-state index in [4.69, 9.17) is 0 Å². The van der Waals surface area contributed by atoms with Crippen LogP contribution in [0.15, 0.2) is 23.3 Å². The fourth-order valence-electron chi connectivity index (χ4n) is 2.64. The van der Waals surface area contributed by atoms with Crippen molar-refractivity contribution >= 4 is 0 Å². The molecule has 0 aromatic carbocycles. The molecule has 13 heavy (non-hydrogen) atoms. The van der Waals surface area contributed by atoms with Gasteiger partial charge in [0, 0.05) is 0 Å². The van der Waals surface area contributed by atoms with Crippen LogP contribution >= 0.6 is 0 Å². The Morgan fingerprint density at radius 2 is 1.92 bits per heavy atom. The number of hydrogen-bond acceptors (Lipinski definition) is 0. The maximum Gasteiger partial charge on any atom is -0.0105 e. The lowest BCUT2D eigenvalue weighted by Gasteiger charge is -2.22. The quantitative estimate of drug-likeness (QED) is 0.590. The van der Waals surface area contributed by atoms with Gasteiger partial charge < -0.3 is 0 Å². The van der Waals surface area contributed by atoms with Gasteiger partial charge in [0.05, 0.1) is 0 Å². The number of hydrogen-bond donors (Lipinski definition) is 0. The van der Waals surface area contributed by atoms with Crippen molar-refractivity contribution in [2.24, 2.45) is 5.92 Å². The van der Waals surface area contributed by atoms with Gasteiger partial charge in [-0.05, 0) is 25.7 Å². The monoisotopic (exact) mass is 176 g/mol. The third kappa shape index (κ3) is 2.46. The minimum absolute atomic E-state index is 1.01. The van der Waals surface area contributed by atoms with Crippen LogP contribution in [-0.4, -0.2) is 0 Å². The third-order valence-electron chi connectivity index (χ3n) is 3.39. The lowest BCUT2D eigenvalue weighted by molar-refractivity contribution is 0.355. The molecule has 1 fully saturated rings. The van der Waals surface area contributed by atoms with Gasteiger partial charge in [-0.3, -0.25) is 0 Å². The summed E-state index contributed by atoms with van der Waals surface area (Å²) in [5.41, 5.74) is 3.23. The Labute approximate surface area is 81.7 Å². The second-order valence-corrected chi connectivity index (χ2v) is 4.72. The summed E-state index contributed by atoms with van der Waals surface area (Å²) in [5, 5.41) is 0. The number of allylic oxidation sites excluding steroid dienone is 4. The smallest absolute Gasteiger partial charge is 0.0105 e. The van der Waals surface area contributed by atoms with Crippen molar-refractivity contribution in [2.75, 3.05) is 0 Å². The first kappa shape index (κ1) is 9.05. The second kappa shape index (κ2) is 4.13. The topological polar surface area (TPSA) is 0 Å². The zero-order valence-electron chi connectivity index (χ0n) is 8.68. The van der Waals surface area contributed by atoms with Crippen LogP contribution in [0.25, 0.3) is 0 Å². The standard InChI is InChI=1S/C13H20/c1-11-7-8-13(9-11)10-12-5-3-2-4-6-12/h7-8,12H,2-6,9-10H2,1H3. The highest BCUT2D eigenvalue weighted by atomic mass is 14.2. The Bertz CT molecular complexity index is 226. The summed E-state index contributed by atoms with van der Waals surface area (Å²) in [6.07, 6.45) is 14.7. The first-order chi connectivity index (χ1) is 6.34. The van der Waals surface area contributed by atoms with Gasteiger partial charge in [-0.1, -0.05) is 55.4 Å². The zero-order valence-corrected chi connectivity index (χ0v) is 8.68. The molecule has 2 aliphatic rings. The van der Waals surface area contributed by atoms with Crippen molar-refractivity contribution in [1.82, 2.24) is 0 Å². The van der Waals surface area contributed by atoms with Gasteiger partial charge in [0.15, 0.2) is 0 Å². The van der Waals surface area contributed by atoms with Gasteiger partial charge >= 0.3 is 0 Å². The summed E-state index contributed by atoms with van der Waals surface area (Å²) < 4.78 is 0. The van der Waals surface area contributed by atoms with Gasteiger partial charge in [0.25, 0.3) is 0 Å². The van der Waals surface area contributed by atoms with Gasteiger partial charge in [-0.15, -0.1) is 0 Å². The fraction of sp³-hybridized carbons (Fsp3) is 0.692. The summed E-state index contributed by atoms with van der Waals surface area (Å²) in [4.78, 5) is 0. The molecular formula is C13H20. The average Bonchev–Trinajstić information content (AvgIpc) is 2.53. The Kier molecular flexibility index (Phi) is 2.87. The van der Waals surface area contributed by atoms with Gasteiger partial charge in [-0.25, -0.2) is 0 Å². The first-order valence-corrected chi connectivity index (χ1v) is 5.70. The Balaban J connectivity index is 1.78. The maximum atomic E-state index is 2.35. The normalized spacial score (nSPS) is 24.4. The van der Waals surface area contributed by atoms with Crippen molar-refractivity contribution in [3.05, 3.63) is 23.3 Å². The molecule has 0 saturated heterocycles. The molecule has 0 aromatic rings. The first-order valence-electron chi connectivity index (χ1n) is 5.70. The summed E-state index contributed by atoms with van der Waals surface area (Å²) in [7, 11) is 0. The van der Waals surface area contributed by atoms with Gasteiger partial charge in [-0.2, -0.15) is 0 Å². The van der Waals surface area contributed by atoms with Crippen LogP contribution < -0.4 is 0 Å². The molecule has 1 saturated carbocycles. The van der Waals surface area contributed by atoms with Crippen LogP contribution in [0.3, 0.4) is 0 Å². The molecule has 0 nitrogen and oxygen atoms in total. The summed E-state index contributed by atoms with van der Waals surface area (Å²) in [6, 6.07) is 0. The molecule has 2 rings (SSSR count). The van der Waals surface area contributed by atoms with Crippen LogP contribution in [0, 0.1) is 5.92 Å². The van der Waals surface area contributed by atoms with Crippen LogP contribution in [0.4, 0.5) is 0 Å². The van der Waals surface area contributed by atoms with Crippen LogP contribution in [0.2, 0.25) is 0 Å². The van der Waals surface area contributed by atoms with Crippen LogP contribution in [-0.2, 0) is 0 Å². The number of rotatable bonds is 2. The van der Waals surface area contributed by atoms with E-state index in [0.29, 0.717) is 0 Å². The van der Waals surface area contributed by atoms with Gasteiger partial charge in [0.1, 0.15) is 0 Å². The maximum absolute atomic E-state index is 2.35. The van der Waals surface area contributed by atoms with E-state index in [2.05, 4.69) is 19.1 Å². The van der Waals surface area contributed by atoms with Gasteiger partial charge in [0.2, 0.25) is 0 Å². The molecule has 0 bridgehead atoms. The molecule has 2 aliphatic carbocycles. The van der Waals surface area contributed by atoms with Crippen molar-refractivity contribution in [1.29, 1.82) is 0 Å². The average molecular weight is 176 g/mol. The highest BCUT2D eigenvalue weighted by Crippen LogP contribution is 2.32. The lowest BCUT2D eigenvalue weighted by Crippen LogP contribution is -2.06. The van der Waals surface area contributed by atoms with E-state index in [-0.39, 0.29) is 0 Å². The van der Waals surface area contributed by atoms with E-state index >= 15 is 0 Å². The van der Waals surface area contributed by atoms with E-state index < -0.39 is 0 Å². The molecule has 0 radical (unpaired) electrons. The van der Waals surface area contributed by atoms with E-state index in [9.17, 15) is 0 Å². The minimum atomic E-state index is 1.01. The second-order valence-electron chi connectivity index (χ2n) is 4.72. The lowest BCUT2D eigenvalue weighted by atomic mass is 9.84. The SMILES string of the molecule is CC1=CC=C(CC2CCCCC2)C1. The molecule has 0 atom stereocenters. The summed E-state index contributed by atoms with van der Waals surface area (Å²) in [5.74, 6) is 1.01. The fourth-order valence-corrected chi connectivity index (χ4v) is 2.64. The zero-order chi connectivity index (χ0) is 9.10. The Hall–Kier alpha value is -0.520. The minimum Gasteiger partial charge on any atom is -0.0693 e. The molecule has 0 unspecified atom stereocenters. The largest absolute Gasteiger partial charge is 0.0693 e. The molecule has 0 aromatic heterocycles. The van der Waals surface area contributed by atoms with Crippen molar-refractivity contribution in [3.63, 3.8) is 0 Å². The molecule has 0 aliphatic heterocycles. The molecule has 0 amide bonds. The van der Waals surface area contributed by atoms with E-state index in [0.717, 1.165) is 5.92 Å². The van der Waals surface area contributed by atoms with Crippen molar-refractivity contribution in [2.45, 2.75) is 51.9 Å². The predicted molar refractivity (Wildman–Crippen MR) is 57.6 cm³/mol.